The summed E-state index contributed by atoms with van der Waals surface area (Å²) in [5.41, 5.74) is 0. The second kappa shape index (κ2) is 8.68. The van der Waals surface area contributed by atoms with Gasteiger partial charge in [-0.25, -0.2) is 0 Å². The van der Waals surface area contributed by atoms with E-state index < -0.39 is 20.5 Å². The topological polar surface area (TPSA) is 27.7 Å². The molecule has 0 spiro atoms. The Bertz CT molecular complexity index is 1130. The van der Waals surface area contributed by atoms with Crippen LogP contribution in [0.25, 0.3) is 0 Å². The lowest BCUT2D eigenvalue weighted by Gasteiger charge is -2.18. The van der Waals surface area contributed by atoms with Crippen molar-refractivity contribution in [3.8, 4) is 17.2 Å². The minimum absolute atomic E-state index is 0.806. The maximum Gasteiger partial charge on any atom is 0.155 e. The van der Waals surface area contributed by atoms with E-state index in [1.54, 1.807) is 0 Å². The van der Waals surface area contributed by atoms with Gasteiger partial charge in [0.2, 0.25) is 0 Å². The Hall–Kier alpha value is -2.54. The average Bonchev–Trinajstić information content (AvgIpc) is 3.28. The second-order valence-electron chi connectivity index (χ2n) is 6.55. The summed E-state index contributed by atoms with van der Waals surface area (Å²) < 4.78 is 18.8. The molecule has 0 aliphatic carbocycles. The summed E-state index contributed by atoms with van der Waals surface area (Å²) in [6.07, 6.45) is 2.11. The van der Waals surface area contributed by atoms with Crippen LogP contribution >= 0.6 is 35.3 Å². The molecule has 3 nitrogen and oxygen atoms in total. The third kappa shape index (κ3) is 4.03. The number of thiol groups is 2. The molecular weight excluding hydrogens is 480 g/mol. The van der Waals surface area contributed by atoms with E-state index >= 15 is 0 Å². The Balaban J connectivity index is 1.45. The summed E-state index contributed by atoms with van der Waals surface area (Å²) >= 11 is 2.88. The highest BCUT2D eigenvalue weighted by Crippen LogP contribution is 2.66. The van der Waals surface area contributed by atoms with Crippen molar-refractivity contribution in [3.05, 3.63) is 123 Å². The molecule has 0 fully saturated rings. The second-order valence-corrected chi connectivity index (χ2v) is 11.7. The summed E-state index contributed by atoms with van der Waals surface area (Å²) in [6.45, 7) is 0. The summed E-state index contributed by atoms with van der Waals surface area (Å²) in [5.74, 6) is 3.31. The predicted octanol–water partition coefficient (Wildman–Crippen LogP) is 7.37. The number of benzene rings is 3. The van der Waals surface area contributed by atoms with Crippen molar-refractivity contribution in [1.82, 2.24) is 0 Å². The molecule has 0 bridgehead atoms. The predicted molar refractivity (Wildman–Crippen MR) is 131 cm³/mol. The summed E-state index contributed by atoms with van der Waals surface area (Å²) in [5, 5.41) is 3.00. The minimum Gasteiger partial charge on any atom is -0.456 e. The lowest BCUT2D eigenvalue weighted by molar-refractivity contribution is 0.443. The number of halogens is 1. The molecule has 0 amide bonds. The lowest BCUT2D eigenvalue weighted by Crippen LogP contribution is -1.98. The molecular formula is C24H19BrO3S2. The first-order valence-electron chi connectivity index (χ1n) is 9.40. The van der Waals surface area contributed by atoms with E-state index in [9.17, 15) is 0 Å². The van der Waals surface area contributed by atoms with Gasteiger partial charge in [0.05, 0.1) is 4.91 Å². The number of hydrogen-bond donors (Lipinski definition) is 2. The van der Waals surface area contributed by atoms with Gasteiger partial charge in [0.1, 0.15) is 23.0 Å². The molecule has 2 aliphatic heterocycles. The molecule has 0 N–H and O–H groups in total. The van der Waals surface area contributed by atoms with Gasteiger partial charge < -0.3 is 13.7 Å². The molecule has 30 heavy (non-hydrogen) atoms. The molecule has 5 rings (SSSR count). The van der Waals surface area contributed by atoms with Crippen LogP contribution in [0.2, 0.25) is 0 Å². The lowest BCUT2D eigenvalue weighted by atomic mass is 10.3. The molecule has 3 aromatic rings. The molecule has 2 atom stereocenters. The van der Waals surface area contributed by atoms with E-state index in [0.717, 1.165) is 37.9 Å². The van der Waals surface area contributed by atoms with Crippen molar-refractivity contribution in [2.24, 2.45) is 0 Å². The van der Waals surface area contributed by atoms with E-state index in [2.05, 4.69) is 26.3 Å². The summed E-state index contributed by atoms with van der Waals surface area (Å²) in [4.78, 5) is 2.26. The fourth-order valence-corrected chi connectivity index (χ4v) is 8.77. The normalized spacial score (nSPS) is 22.2. The number of ether oxygens (including phenoxy) is 2. The molecule has 0 radical (unpaired) electrons. The van der Waals surface area contributed by atoms with Gasteiger partial charge in [0.25, 0.3) is 0 Å². The van der Waals surface area contributed by atoms with Gasteiger partial charge in [-0.2, -0.15) is 0 Å². The highest BCUT2D eigenvalue weighted by molar-refractivity contribution is 9.55. The monoisotopic (exact) mass is 498 g/mol. The van der Waals surface area contributed by atoms with Crippen LogP contribution in [0.15, 0.2) is 123 Å². The zero-order valence-electron chi connectivity index (χ0n) is 15.8. The van der Waals surface area contributed by atoms with Gasteiger partial charge in [0, 0.05) is 16.4 Å². The largest absolute Gasteiger partial charge is 0.456 e. The van der Waals surface area contributed by atoms with E-state index in [4.69, 9.17) is 13.7 Å². The van der Waals surface area contributed by atoms with Crippen LogP contribution in [0.3, 0.4) is 0 Å². The Morgan fingerprint density at radius 2 is 1.17 bits per heavy atom. The van der Waals surface area contributed by atoms with Gasteiger partial charge in [-0.3, -0.25) is 0 Å². The van der Waals surface area contributed by atoms with Crippen molar-refractivity contribution in [2.45, 2.75) is 0 Å². The van der Waals surface area contributed by atoms with Gasteiger partial charge >= 0.3 is 0 Å². The smallest absolute Gasteiger partial charge is 0.155 e. The third-order valence-corrected chi connectivity index (χ3v) is 9.94. The summed E-state index contributed by atoms with van der Waals surface area (Å²) in [7, 11) is -0.855. The number of hydrogen-bond acceptors (Lipinski definition) is 3. The van der Waals surface area contributed by atoms with Gasteiger partial charge in [-0.15, -0.1) is 9.33 Å². The Labute approximate surface area is 188 Å². The number of rotatable bonds is 6. The van der Waals surface area contributed by atoms with Crippen LogP contribution in [0, 0.1) is 0 Å². The number of para-hydroxylation sites is 3. The van der Waals surface area contributed by atoms with Crippen molar-refractivity contribution in [1.29, 1.82) is 0 Å². The zero-order valence-corrected chi connectivity index (χ0v) is 19.2. The van der Waals surface area contributed by atoms with Crippen LogP contribution in [0.1, 0.15) is 0 Å². The van der Waals surface area contributed by atoms with E-state index in [0.29, 0.717) is 0 Å². The first-order chi connectivity index (χ1) is 14.8. The molecule has 2 unspecified atom stereocenters. The molecule has 2 heterocycles. The maximum atomic E-state index is 6.34. The Kier molecular flexibility index (Phi) is 5.62. The van der Waals surface area contributed by atoms with Crippen molar-refractivity contribution >= 4 is 35.3 Å². The summed E-state index contributed by atoms with van der Waals surface area (Å²) in [6, 6.07) is 29.6. The van der Waals surface area contributed by atoms with Crippen LogP contribution in [-0.4, -0.2) is 0 Å². The van der Waals surface area contributed by atoms with Gasteiger partial charge in [-0.05, 0) is 51.2 Å². The molecule has 6 heteroatoms. The Morgan fingerprint density at radius 3 is 1.77 bits per heavy atom. The fraction of sp³-hybridized carbons (Fsp3) is 0. The van der Waals surface area contributed by atoms with Crippen LogP contribution < -0.4 is 13.7 Å². The standard InChI is InChI=1S/C24H19BrO3S2/c25-30-23(27-19-12-6-2-7-13-19)16-22-24(30)21(26-18-10-4-1-5-11-18)17-29(22)28-20-14-8-3-9-15-20/h1-17,29-30H. The first-order valence-corrected chi connectivity index (χ1v) is 14.1. The molecule has 3 aromatic carbocycles. The van der Waals surface area contributed by atoms with E-state index in [1.165, 1.54) is 0 Å². The minimum atomic E-state index is -1.00. The highest BCUT2D eigenvalue weighted by atomic mass is 79.9. The van der Waals surface area contributed by atoms with Gasteiger partial charge in [0.15, 0.2) is 5.09 Å². The first kappa shape index (κ1) is 19.4. The average molecular weight is 499 g/mol. The zero-order chi connectivity index (χ0) is 20.3. The molecule has 2 aliphatic rings. The third-order valence-electron chi connectivity index (χ3n) is 4.48. The fourth-order valence-electron chi connectivity index (χ4n) is 3.12. The van der Waals surface area contributed by atoms with Crippen molar-refractivity contribution < 1.29 is 13.7 Å². The Morgan fingerprint density at radius 1 is 0.633 bits per heavy atom. The SMILES string of the molecule is Br[SH]1C(Oc2ccccc2)=CC2=C1C(Oc1ccccc1)=C[SH]2Oc1ccccc1. The molecule has 0 saturated carbocycles. The molecule has 0 aromatic heterocycles. The van der Waals surface area contributed by atoms with Crippen molar-refractivity contribution in [3.63, 3.8) is 0 Å². The van der Waals surface area contributed by atoms with Crippen LogP contribution in [-0.2, 0) is 0 Å². The highest BCUT2D eigenvalue weighted by Gasteiger charge is 2.36. The number of allylic oxidation sites excluding steroid dienone is 1. The van der Waals surface area contributed by atoms with Crippen LogP contribution in [0.4, 0.5) is 0 Å². The molecule has 152 valence electrons. The van der Waals surface area contributed by atoms with Crippen molar-refractivity contribution in [2.75, 3.05) is 0 Å². The molecule has 0 saturated heterocycles. The maximum absolute atomic E-state index is 6.34. The van der Waals surface area contributed by atoms with Gasteiger partial charge in [-0.1, -0.05) is 65.8 Å². The van der Waals surface area contributed by atoms with E-state index in [1.807, 2.05) is 91.0 Å². The van der Waals surface area contributed by atoms with Crippen LogP contribution in [0.5, 0.6) is 17.2 Å². The van der Waals surface area contributed by atoms with E-state index in [-0.39, 0.29) is 0 Å². The quantitative estimate of drug-likeness (QED) is 0.347.